The van der Waals surface area contributed by atoms with Crippen LogP contribution in [0.4, 0.5) is 13.2 Å². The summed E-state index contributed by atoms with van der Waals surface area (Å²) in [4.78, 5) is 15.3. The minimum atomic E-state index is -4.28. The fourth-order valence-corrected chi connectivity index (χ4v) is 7.09. The first-order valence-electron chi connectivity index (χ1n) is 14.7. The molecule has 0 aliphatic heterocycles. The van der Waals surface area contributed by atoms with Crippen molar-refractivity contribution in [2.75, 3.05) is 0 Å². The lowest BCUT2D eigenvalue weighted by Crippen LogP contribution is -2.14. The van der Waals surface area contributed by atoms with Crippen LogP contribution >= 0.6 is 11.3 Å². The van der Waals surface area contributed by atoms with Gasteiger partial charge in [-0.05, 0) is 97.0 Å². The maximum Gasteiger partial charge on any atom is 0.355 e. The van der Waals surface area contributed by atoms with E-state index in [0.29, 0.717) is 51.0 Å². The fourth-order valence-electron chi connectivity index (χ4n) is 5.73. The average Bonchev–Trinajstić information content (AvgIpc) is 3.92. The number of hydrogen-bond donors (Lipinski definition) is 2. The molecule has 0 bridgehead atoms. The van der Waals surface area contributed by atoms with Crippen LogP contribution in [0.15, 0.2) is 64.9 Å². The van der Waals surface area contributed by atoms with Crippen LogP contribution in [0.3, 0.4) is 0 Å². The van der Waals surface area contributed by atoms with E-state index in [1.807, 2.05) is 0 Å². The predicted molar refractivity (Wildman–Crippen MR) is 166 cm³/mol. The molecule has 2 aliphatic rings. The zero-order valence-corrected chi connectivity index (χ0v) is 25.8. The van der Waals surface area contributed by atoms with E-state index in [4.69, 9.17) is 10.2 Å². The molecule has 2 aromatic heterocycles. The number of aromatic carboxylic acids is 1. The third-order valence-electron chi connectivity index (χ3n) is 8.41. The van der Waals surface area contributed by atoms with E-state index in [-0.39, 0.29) is 29.4 Å². The second kappa shape index (κ2) is 11.5. The number of halogens is 3. The highest BCUT2D eigenvalue weighted by Gasteiger charge is 2.30. The summed E-state index contributed by atoms with van der Waals surface area (Å²) >= 11 is 1.10. The molecule has 5 aromatic rings. The molecule has 0 atom stereocenters. The Hall–Kier alpha value is -4.33. The molecule has 2 heterocycles. The van der Waals surface area contributed by atoms with E-state index in [2.05, 4.69) is 4.98 Å². The van der Waals surface area contributed by atoms with Gasteiger partial charge in [-0.3, -0.25) is 0 Å². The van der Waals surface area contributed by atoms with Gasteiger partial charge in [0.1, 0.15) is 22.3 Å². The first-order chi connectivity index (χ1) is 22.0. The van der Waals surface area contributed by atoms with Crippen molar-refractivity contribution in [2.45, 2.75) is 49.3 Å². The van der Waals surface area contributed by atoms with Crippen molar-refractivity contribution >= 4 is 27.3 Å². The van der Waals surface area contributed by atoms with E-state index in [9.17, 15) is 27.1 Å². The predicted octanol–water partition coefficient (Wildman–Crippen LogP) is 6.85. The van der Waals surface area contributed by atoms with Gasteiger partial charge in [0.2, 0.25) is 15.2 Å². The van der Waals surface area contributed by atoms with E-state index < -0.39 is 32.5 Å². The van der Waals surface area contributed by atoms with E-state index >= 15 is 4.39 Å². The first-order valence-corrected chi connectivity index (χ1v) is 17.1. The molecule has 13 heteroatoms. The minimum Gasteiger partial charge on any atom is -0.476 e. The molecule has 46 heavy (non-hydrogen) atoms. The molecular weight excluding hydrogens is 638 g/mol. The van der Waals surface area contributed by atoms with Gasteiger partial charge in [-0.1, -0.05) is 18.2 Å². The second-order valence-corrected chi connectivity index (χ2v) is 14.2. The van der Waals surface area contributed by atoms with Crippen molar-refractivity contribution in [1.82, 2.24) is 14.8 Å². The number of carboxylic acids is 1. The van der Waals surface area contributed by atoms with Gasteiger partial charge in [-0.2, -0.15) is 5.10 Å². The summed E-state index contributed by atoms with van der Waals surface area (Å²) in [5, 5.41) is 21.3. The molecule has 0 amide bonds. The molecule has 2 fully saturated rings. The molecule has 7 rings (SSSR count). The molecule has 0 radical (unpaired) electrons. The Bertz CT molecular complexity index is 2140. The zero-order valence-electron chi connectivity index (χ0n) is 24.2. The number of carboxylic acid groups (broad SMARTS) is 1. The highest BCUT2D eigenvalue weighted by atomic mass is 32.2. The number of aromatic nitrogens is 3. The quantitative estimate of drug-likeness (QED) is 0.168. The number of sulfonamides is 1. The SMILES string of the molecule is NS(=O)(=O)c1ccc(Cc2c(-c3ccc(F)c(-c4ccc(C5CC5)c(F)c4)c3)nn(-c3nc(C(=O)O)cs3)c2CC2CC2)cc1F. The van der Waals surface area contributed by atoms with Crippen molar-refractivity contribution in [2.24, 2.45) is 11.1 Å². The molecule has 2 saturated carbocycles. The van der Waals surface area contributed by atoms with Crippen molar-refractivity contribution in [3.05, 3.63) is 106 Å². The van der Waals surface area contributed by atoms with Crippen LogP contribution in [0.25, 0.3) is 27.5 Å². The smallest absolute Gasteiger partial charge is 0.355 e. The highest BCUT2D eigenvalue weighted by molar-refractivity contribution is 7.89. The standard InChI is InChI=1S/C33H27F3N4O4S2/c34-25-9-7-21(14-23(25)20-6-8-22(19-4-5-19)26(35)15-20)31-24(11-18-3-10-30(27(36)12-18)46(37,43)44)29(13-17-1-2-17)40(39-31)33-38-28(16-45-33)32(41)42/h3,6-10,12,14-17,19H,1-2,4-5,11,13H2,(H,41,42)(H2,37,43,44). The summed E-state index contributed by atoms with van der Waals surface area (Å²) in [5.41, 5.74) is 3.78. The van der Waals surface area contributed by atoms with Gasteiger partial charge in [-0.15, -0.1) is 11.3 Å². The van der Waals surface area contributed by atoms with Crippen molar-refractivity contribution < 1.29 is 31.5 Å². The topological polar surface area (TPSA) is 128 Å². The maximum absolute atomic E-state index is 15.3. The normalized spacial score (nSPS) is 15.0. The van der Waals surface area contributed by atoms with E-state index in [1.165, 1.54) is 23.6 Å². The Morgan fingerprint density at radius 3 is 2.35 bits per heavy atom. The molecule has 0 saturated heterocycles. The molecule has 3 aromatic carbocycles. The Labute approximate surface area is 266 Å². The van der Waals surface area contributed by atoms with Crippen LogP contribution in [-0.4, -0.2) is 34.3 Å². The molecule has 3 N–H and O–H groups in total. The third-order valence-corrected chi connectivity index (χ3v) is 10.2. The Balaban J connectivity index is 1.39. The van der Waals surface area contributed by atoms with Crippen molar-refractivity contribution in [1.29, 1.82) is 0 Å². The summed E-state index contributed by atoms with van der Waals surface area (Å²) in [6.07, 6.45) is 4.52. The number of nitrogens with zero attached hydrogens (tertiary/aromatic N) is 3. The summed E-state index contributed by atoms with van der Waals surface area (Å²) in [5.74, 6) is -2.58. The third kappa shape index (κ3) is 5.97. The lowest BCUT2D eigenvalue weighted by atomic mass is 9.94. The number of carbonyl (C=O) groups is 1. The van der Waals surface area contributed by atoms with Crippen molar-refractivity contribution in [3.8, 4) is 27.5 Å². The fraction of sp³-hybridized carbons (Fsp3) is 0.242. The van der Waals surface area contributed by atoms with Crippen LogP contribution in [-0.2, 0) is 22.9 Å². The number of hydrogen-bond acceptors (Lipinski definition) is 6. The number of thiazole rings is 1. The highest BCUT2D eigenvalue weighted by Crippen LogP contribution is 2.43. The van der Waals surface area contributed by atoms with Gasteiger partial charge in [-0.25, -0.2) is 41.2 Å². The lowest BCUT2D eigenvalue weighted by molar-refractivity contribution is 0.0691. The number of benzene rings is 3. The van der Waals surface area contributed by atoms with Gasteiger partial charge in [0.25, 0.3) is 0 Å². The van der Waals surface area contributed by atoms with Gasteiger partial charge in [0.05, 0.1) is 11.4 Å². The molecule has 8 nitrogen and oxygen atoms in total. The van der Waals surface area contributed by atoms with Gasteiger partial charge in [0, 0.05) is 28.5 Å². The van der Waals surface area contributed by atoms with Gasteiger partial charge >= 0.3 is 5.97 Å². The molecule has 0 spiro atoms. The van der Waals surface area contributed by atoms with Crippen LogP contribution in [0, 0.1) is 23.4 Å². The van der Waals surface area contributed by atoms with Crippen molar-refractivity contribution in [3.63, 3.8) is 0 Å². The number of nitrogens with two attached hydrogens (primary N) is 1. The molecule has 0 unspecified atom stereocenters. The lowest BCUT2D eigenvalue weighted by Gasteiger charge is -2.11. The Kier molecular flexibility index (Phi) is 7.57. The summed E-state index contributed by atoms with van der Waals surface area (Å²) in [6, 6.07) is 12.9. The average molecular weight is 665 g/mol. The summed E-state index contributed by atoms with van der Waals surface area (Å²) < 4.78 is 70.5. The van der Waals surface area contributed by atoms with E-state index in [1.54, 1.807) is 28.9 Å². The first kappa shape index (κ1) is 30.3. The Morgan fingerprint density at radius 2 is 1.72 bits per heavy atom. The van der Waals surface area contributed by atoms with Crippen LogP contribution in [0.5, 0.6) is 0 Å². The van der Waals surface area contributed by atoms with Crippen LogP contribution < -0.4 is 5.14 Å². The maximum atomic E-state index is 15.3. The van der Waals surface area contributed by atoms with E-state index in [0.717, 1.165) is 54.8 Å². The largest absolute Gasteiger partial charge is 0.476 e. The number of primary sulfonamides is 1. The van der Waals surface area contributed by atoms with Crippen LogP contribution in [0.1, 0.15) is 64.5 Å². The summed E-state index contributed by atoms with van der Waals surface area (Å²) in [6.45, 7) is 0. The summed E-state index contributed by atoms with van der Waals surface area (Å²) in [7, 11) is -4.28. The second-order valence-electron chi connectivity index (χ2n) is 11.8. The van der Waals surface area contributed by atoms with Crippen LogP contribution in [0.2, 0.25) is 0 Å². The monoisotopic (exact) mass is 664 g/mol. The zero-order chi connectivity index (χ0) is 32.3. The van der Waals surface area contributed by atoms with Gasteiger partial charge < -0.3 is 5.11 Å². The minimum absolute atomic E-state index is 0.119. The molecule has 2 aliphatic carbocycles. The molecule has 236 valence electrons. The Morgan fingerprint density at radius 1 is 0.957 bits per heavy atom. The van der Waals surface area contributed by atoms with Gasteiger partial charge in [0.15, 0.2) is 5.69 Å². The number of rotatable bonds is 10. The molecular formula is C33H27F3N4O4S2.